The van der Waals surface area contributed by atoms with Gasteiger partial charge in [-0.3, -0.25) is 0 Å². The SMILES string of the molecule is CCOCOc1ccc(C(=O)O)cc1C(F)(F)F. The summed E-state index contributed by atoms with van der Waals surface area (Å²) >= 11 is 0. The van der Waals surface area contributed by atoms with E-state index >= 15 is 0 Å². The zero-order chi connectivity index (χ0) is 13.8. The molecule has 0 fully saturated rings. The van der Waals surface area contributed by atoms with Crippen LogP contribution in [-0.2, 0) is 10.9 Å². The summed E-state index contributed by atoms with van der Waals surface area (Å²) in [6, 6.07) is 2.54. The molecule has 0 amide bonds. The molecule has 1 aromatic carbocycles. The summed E-state index contributed by atoms with van der Waals surface area (Å²) in [4.78, 5) is 10.6. The van der Waals surface area contributed by atoms with E-state index in [0.717, 1.165) is 12.1 Å². The smallest absolute Gasteiger partial charge is 0.419 e. The minimum atomic E-state index is -4.69. The first-order valence-corrected chi connectivity index (χ1v) is 5.01. The van der Waals surface area contributed by atoms with Gasteiger partial charge in [0, 0.05) is 6.61 Å². The van der Waals surface area contributed by atoms with E-state index < -0.39 is 29.0 Å². The lowest BCUT2D eigenvalue weighted by molar-refractivity contribution is -0.139. The number of alkyl halides is 3. The maximum absolute atomic E-state index is 12.7. The Morgan fingerprint density at radius 2 is 2.06 bits per heavy atom. The number of hydrogen-bond acceptors (Lipinski definition) is 3. The van der Waals surface area contributed by atoms with Crippen LogP contribution in [0.2, 0.25) is 0 Å². The highest BCUT2D eigenvalue weighted by Crippen LogP contribution is 2.36. The van der Waals surface area contributed by atoms with Crippen molar-refractivity contribution in [3.05, 3.63) is 29.3 Å². The molecule has 1 rings (SSSR count). The third kappa shape index (κ3) is 3.63. The highest BCUT2D eigenvalue weighted by Gasteiger charge is 2.35. The first-order chi connectivity index (χ1) is 8.36. The van der Waals surface area contributed by atoms with Gasteiger partial charge < -0.3 is 14.6 Å². The molecule has 0 aromatic heterocycles. The third-order valence-electron chi connectivity index (χ3n) is 2.03. The van der Waals surface area contributed by atoms with Crippen LogP contribution in [-0.4, -0.2) is 24.5 Å². The molecule has 0 heterocycles. The predicted molar refractivity (Wildman–Crippen MR) is 55.5 cm³/mol. The molecule has 1 N–H and O–H groups in total. The first kappa shape index (κ1) is 14.3. The topological polar surface area (TPSA) is 55.8 Å². The van der Waals surface area contributed by atoms with E-state index in [4.69, 9.17) is 14.6 Å². The molecule has 1 aromatic rings. The quantitative estimate of drug-likeness (QED) is 0.656. The number of carboxylic acid groups (broad SMARTS) is 1. The number of halogens is 3. The Morgan fingerprint density at radius 1 is 1.39 bits per heavy atom. The van der Waals surface area contributed by atoms with Crippen LogP contribution in [0.4, 0.5) is 13.2 Å². The van der Waals surface area contributed by atoms with Crippen molar-refractivity contribution in [1.82, 2.24) is 0 Å². The van der Waals surface area contributed by atoms with Crippen LogP contribution in [0.25, 0.3) is 0 Å². The van der Waals surface area contributed by atoms with Gasteiger partial charge in [0.15, 0.2) is 6.79 Å². The van der Waals surface area contributed by atoms with Crippen molar-refractivity contribution in [3.8, 4) is 5.75 Å². The zero-order valence-electron chi connectivity index (χ0n) is 9.45. The third-order valence-corrected chi connectivity index (χ3v) is 2.03. The van der Waals surface area contributed by atoms with E-state index in [2.05, 4.69) is 0 Å². The van der Waals surface area contributed by atoms with Crippen molar-refractivity contribution in [3.63, 3.8) is 0 Å². The summed E-state index contributed by atoms with van der Waals surface area (Å²) in [7, 11) is 0. The fourth-order valence-corrected chi connectivity index (χ4v) is 1.20. The average molecular weight is 264 g/mol. The molecule has 0 saturated carbocycles. The van der Waals surface area contributed by atoms with Crippen LogP contribution in [0.5, 0.6) is 5.75 Å². The molecule has 0 saturated heterocycles. The number of hydrogen-bond donors (Lipinski definition) is 1. The van der Waals surface area contributed by atoms with Gasteiger partial charge >= 0.3 is 12.1 Å². The van der Waals surface area contributed by atoms with Crippen molar-refractivity contribution in [2.75, 3.05) is 13.4 Å². The lowest BCUT2D eigenvalue weighted by Gasteiger charge is -2.14. The molecule has 0 aliphatic rings. The lowest BCUT2D eigenvalue weighted by atomic mass is 10.1. The standard InChI is InChI=1S/C11H11F3O4/c1-2-17-6-18-9-4-3-7(10(15)16)5-8(9)11(12,13)14/h3-5H,2,6H2,1H3,(H,15,16). The van der Waals surface area contributed by atoms with Crippen molar-refractivity contribution >= 4 is 5.97 Å². The average Bonchev–Trinajstić information content (AvgIpc) is 2.28. The Kier molecular flexibility index (Phi) is 4.55. The molecule has 0 radical (unpaired) electrons. The summed E-state index contributed by atoms with van der Waals surface area (Å²) in [5.41, 5.74) is -1.59. The van der Waals surface area contributed by atoms with E-state index in [9.17, 15) is 18.0 Å². The second-order valence-electron chi connectivity index (χ2n) is 3.27. The molecule has 0 unspecified atom stereocenters. The molecular weight excluding hydrogens is 253 g/mol. The van der Waals surface area contributed by atoms with E-state index in [1.807, 2.05) is 0 Å². The van der Waals surface area contributed by atoms with Crippen molar-refractivity contribution in [2.45, 2.75) is 13.1 Å². The minimum absolute atomic E-state index is 0.300. The van der Waals surface area contributed by atoms with Crippen LogP contribution in [0, 0.1) is 0 Å². The molecule has 18 heavy (non-hydrogen) atoms. The molecule has 0 bridgehead atoms. The Morgan fingerprint density at radius 3 is 2.56 bits per heavy atom. The number of ether oxygens (including phenoxy) is 2. The molecule has 0 aliphatic carbocycles. The predicted octanol–water partition coefficient (Wildman–Crippen LogP) is 2.78. The maximum Gasteiger partial charge on any atom is 0.419 e. The van der Waals surface area contributed by atoms with Crippen LogP contribution in [0.3, 0.4) is 0 Å². The normalized spacial score (nSPS) is 11.3. The molecular formula is C11H11F3O4. The highest BCUT2D eigenvalue weighted by molar-refractivity contribution is 5.88. The second-order valence-corrected chi connectivity index (χ2v) is 3.27. The van der Waals surface area contributed by atoms with Crippen molar-refractivity contribution in [2.24, 2.45) is 0 Å². The van der Waals surface area contributed by atoms with Gasteiger partial charge in [0.25, 0.3) is 0 Å². The minimum Gasteiger partial charge on any atom is -0.478 e. The van der Waals surface area contributed by atoms with Crippen LogP contribution in [0.1, 0.15) is 22.8 Å². The molecule has 0 atom stereocenters. The summed E-state index contributed by atoms with van der Waals surface area (Å²) in [6.45, 7) is 1.64. The second kappa shape index (κ2) is 5.72. The van der Waals surface area contributed by atoms with E-state index in [0.29, 0.717) is 12.7 Å². The Bertz CT molecular complexity index is 429. The molecule has 0 aliphatic heterocycles. The van der Waals surface area contributed by atoms with Gasteiger partial charge in [-0.15, -0.1) is 0 Å². The van der Waals surface area contributed by atoms with Crippen molar-refractivity contribution < 1.29 is 32.5 Å². The number of aromatic carboxylic acids is 1. The number of rotatable bonds is 5. The van der Waals surface area contributed by atoms with Crippen LogP contribution < -0.4 is 4.74 Å². The molecule has 4 nitrogen and oxygen atoms in total. The molecule has 7 heteroatoms. The zero-order valence-corrected chi connectivity index (χ0v) is 9.45. The monoisotopic (exact) mass is 264 g/mol. The number of carboxylic acids is 1. The number of carbonyl (C=O) groups is 1. The Labute approximate surface area is 101 Å². The van der Waals surface area contributed by atoms with Gasteiger partial charge in [-0.1, -0.05) is 0 Å². The van der Waals surface area contributed by atoms with Gasteiger partial charge in [0.05, 0.1) is 11.1 Å². The Balaban J connectivity index is 3.05. The van der Waals surface area contributed by atoms with Gasteiger partial charge in [-0.2, -0.15) is 13.2 Å². The first-order valence-electron chi connectivity index (χ1n) is 5.01. The largest absolute Gasteiger partial charge is 0.478 e. The van der Waals surface area contributed by atoms with Gasteiger partial charge in [0.1, 0.15) is 5.75 Å². The lowest BCUT2D eigenvalue weighted by Crippen LogP contribution is -2.12. The fourth-order valence-electron chi connectivity index (χ4n) is 1.20. The highest BCUT2D eigenvalue weighted by atomic mass is 19.4. The van der Waals surface area contributed by atoms with Gasteiger partial charge in [-0.05, 0) is 25.1 Å². The summed E-state index contributed by atoms with van der Waals surface area (Å²) in [5, 5.41) is 8.65. The van der Waals surface area contributed by atoms with Gasteiger partial charge in [-0.25, -0.2) is 4.79 Å². The molecule has 0 spiro atoms. The van der Waals surface area contributed by atoms with Crippen molar-refractivity contribution in [1.29, 1.82) is 0 Å². The van der Waals surface area contributed by atoms with Crippen LogP contribution in [0.15, 0.2) is 18.2 Å². The van der Waals surface area contributed by atoms with Crippen LogP contribution >= 0.6 is 0 Å². The van der Waals surface area contributed by atoms with Gasteiger partial charge in [0.2, 0.25) is 0 Å². The molecule has 100 valence electrons. The Hall–Kier alpha value is -1.76. The summed E-state index contributed by atoms with van der Waals surface area (Å²) in [5.74, 6) is -1.89. The maximum atomic E-state index is 12.7. The summed E-state index contributed by atoms with van der Waals surface area (Å²) < 4.78 is 47.6. The fraction of sp³-hybridized carbons (Fsp3) is 0.364. The summed E-state index contributed by atoms with van der Waals surface area (Å²) in [6.07, 6.45) is -4.69. The van der Waals surface area contributed by atoms with E-state index in [-0.39, 0.29) is 6.79 Å². The van der Waals surface area contributed by atoms with E-state index in [1.54, 1.807) is 6.92 Å². The van der Waals surface area contributed by atoms with E-state index in [1.165, 1.54) is 0 Å². The number of benzene rings is 1.